The van der Waals surface area contributed by atoms with Crippen molar-refractivity contribution in [1.29, 1.82) is 5.26 Å². The summed E-state index contributed by atoms with van der Waals surface area (Å²) >= 11 is 0. The zero-order chi connectivity index (χ0) is 12.1. The summed E-state index contributed by atoms with van der Waals surface area (Å²) in [5, 5.41) is 9.17. The standard InChI is InChI=1S/C13H23N3O/c14-11-13(15)5-1-3-12(13)4-7-16-6-2-9-17-10-8-16/h12H,1-10,15H2. The van der Waals surface area contributed by atoms with Gasteiger partial charge in [-0.3, -0.25) is 0 Å². The second-order valence-electron chi connectivity index (χ2n) is 5.34. The van der Waals surface area contributed by atoms with Crippen LogP contribution in [0.3, 0.4) is 0 Å². The molecule has 17 heavy (non-hydrogen) atoms. The molecule has 4 nitrogen and oxygen atoms in total. The second-order valence-corrected chi connectivity index (χ2v) is 5.34. The van der Waals surface area contributed by atoms with Crippen molar-refractivity contribution in [3.63, 3.8) is 0 Å². The molecule has 1 heterocycles. The number of hydrogen-bond acceptors (Lipinski definition) is 4. The smallest absolute Gasteiger partial charge is 0.107 e. The molecule has 1 aliphatic heterocycles. The fourth-order valence-corrected chi connectivity index (χ4v) is 3.01. The normalized spacial score (nSPS) is 35.4. The molecule has 0 spiro atoms. The molecule has 0 amide bonds. The summed E-state index contributed by atoms with van der Waals surface area (Å²) in [6.45, 7) is 4.94. The molecule has 0 aromatic heterocycles. The molecule has 2 aliphatic rings. The van der Waals surface area contributed by atoms with Gasteiger partial charge in [-0.1, -0.05) is 6.42 Å². The number of ether oxygens (including phenoxy) is 1. The van der Waals surface area contributed by atoms with Gasteiger partial charge in [0.05, 0.1) is 12.7 Å². The van der Waals surface area contributed by atoms with Crippen LogP contribution in [-0.2, 0) is 4.74 Å². The number of nitrogens with zero attached hydrogens (tertiary/aromatic N) is 2. The zero-order valence-corrected chi connectivity index (χ0v) is 10.5. The fraction of sp³-hybridized carbons (Fsp3) is 0.923. The minimum absolute atomic E-state index is 0.386. The molecule has 1 aliphatic carbocycles. The topological polar surface area (TPSA) is 62.3 Å². The summed E-state index contributed by atoms with van der Waals surface area (Å²) in [6.07, 6.45) is 5.28. The van der Waals surface area contributed by atoms with Crippen LogP contribution in [0.1, 0.15) is 32.1 Å². The minimum Gasteiger partial charge on any atom is -0.380 e. The molecule has 0 bridgehead atoms. The van der Waals surface area contributed by atoms with Crippen molar-refractivity contribution >= 4 is 0 Å². The van der Waals surface area contributed by atoms with Crippen LogP contribution in [-0.4, -0.2) is 43.3 Å². The Labute approximate surface area is 104 Å². The van der Waals surface area contributed by atoms with Crippen LogP contribution in [0, 0.1) is 17.2 Å². The van der Waals surface area contributed by atoms with Gasteiger partial charge >= 0.3 is 0 Å². The molecule has 2 unspecified atom stereocenters. The van der Waals surface area contributed by atoms with Gasteiger partial charge in [-0.2, -0.15) is 5.26 Å². The number of rotatable bonds is 3. The molecule has 2 fully saturated rings. The molecule has 2 atom stereocenters. The van der Waals surface area contributed by atoms with E-state index in [2.05, 4.69) is 11.0 Å². The van der Waals surface area contributed by atoms with E-state index in [-0.39, 0.29) is 0 Å². The van der Waals surface area contributed by atoms with E-state index in [9.17, 15) is 0 Å². The van der Waals surface area contributed by atoms with E-state index < -0.39 is 5.54 Å². The molecule has 0 radical (unpaired) electrons. The molecule has 96 valence electrons. The molecule has 1 saturated heterocycles. The minimum atomic E-state index is -0.553. The average Bonchev–Trinajstić information content (AvgIpc) is 2.55. The van der Waals surface area contributed by atoms with Crippen molar-refractivity contribution in [2.75, 3.05) is 32.8 Å². The van der Waals surface area contributed by atoms with E-state index >= 15 is 0 Å². The zero-order valence-electron chi connectivity index (χ0n) is 10.5. The van der Waals surface area contributed by atoms with E-state index in [1.807, 2.05) is 0 Å². The van der Waals surface area contributed by atoms with Crippen LogP contribution in [0.5, 0.6) is 0 Å². The van der Waals surface area contributed by atoms with Crippen LogP contribution in [0.2, 0.25) is 0 Å². The highest BCUT2D eigenvalue weighted by molar-refractivity contribution is 5.11. The summed E-state index contributed by atoms with van der Waals surface area (Å²) in [7, 11) is 0. The first kappa shape index (κ1) is 12.8. The third-order valence-corrected chi connectivity index (χ3v) is 4.19. The van der Waals surface area contributed by atoms with Crippen LogP contribution >= 0.6 is 0 Å². The highest BCUT2D eigenvalue weighted by atomic mass is 16.5. The predicted octanol–water partition coefficient (Wildman–Crippen LogP) is 1.12. The molecule has 0 aromatic rings. The van der Waals surface area contributed by atoms with Gasteiger partial charge in [-0.25, -0.2) is 0 Å². The fourth-order valence-electron chi connectivity index (χ4n) is 3.01. The van der Waals surface area contributed by atoms with Gasteiger partial charge in [0.1, 0.15) is 5.54 Å². The van der Waals surface area contributed by atoms with E-state index in [1.165, 1.54) is 0 Å². The van der Waals surface area contributed by atoms with Crippen molar-refractivity contribution < 1.29 is 4.74 Å². The van der Waals surface area contributed by atoms with Crippen molar-refractivity contribution in [2.24, 2.45) is 11.7 Å². The molecule has 2 N–H and O–H groups in total. The average molecular weight is 237 g/mol. The Balaban J connectivity index is 1.79. The van der Waals surface area contributed by atoms with E-state index in [0.29, 0.717) is 5.92 Å². The lowest BCUT2D eigenvalue weighted by Gasteiger charge is -2.27. The summed E-state index contributed by atoms with van der Waals surface area (Å²) < 4.78 is 5.44. The summed E-state index contributed by atoms with van der Waals surface area (Å²) in [5.41, 5.74) is 5.59. The number of hydrogen-bond donors (Lipinski definition) is 1. The third kappa shape index (κ3) is 3.19. The molecule has 4 heteroatoms. The van der Waals surface area contributed by atoms with Gasteiger partial charge in [-0.05, 0) is 38.1 Å². The van der Waals surface area contributed by atoms with Gasteiger partial charge in [0, 0.05) is 19.7 Å². The van der Waals surface area contributed by atoms with Gasteiger partial charge in [0.15, 0.2) is 0 Å². The van der Waals surface area contributed by atoms with Crippen LogP contribution in [0.15, 0.2) is 0 Å². The van der Waals surface area contributed by atoms with E-state index in [4.69, 9.17) is 15.7 Å². The molecule has 2 rings (SSSR count). The van der Waals surface area contributed by atoms with Gasteiger partial charge in [0.25, 0.3) is 0 Å². The van der Waals surface area contributed by atoms with E-state index in [1.54, 1.807) is 0 Å². The summed E-state index contributed by atoms with van der Waals surface area (Å²) in [4.78, 5) is 2.45. The Morgan fingerprint density at radius 3 is 3.06 bits per heavy atom. The Hall–Kier alpha value is -0.630. The Kier molecular flexibility index (Phi) is 4.38. The lowest BCUT2D eigenvalue weighted by atomic mass is 9.87. The molecular formula is C13H23N3O. The SMILES string of the molecule is N#CC1(N)CCCC1CCN1CCCOCC1. The molecular weight excluding hydrogens is 214 g/mol. The lowest BCUT2D eigenvalue weighted by Crippen LogP contribution is -2.43. The first-order valence-electron chi connectivity index (χ1n) is 6.75. The highest BCUT2D eigenvalue weighted by Gasteiger charge is 2.39. The first-order chi connectivity index (χ1) is 8.24. The first-order valence-corrected chi connectivity index (χ1v) is 6.75. The second kappa shape index (κ2) is 5.81. The van der Waals surface area contributed by atoms with Crippen LogP contribution < -0.4 is 5.73 Å². The van der Waals surface area contributed by atoms with Gasteiger partial charge in [0.2, 0.25) is 0 Å². The van der Waals surface area contributed by atoms with E-state index in [0.717, 1.165) is 65.0 Å². The largest absolute Gasteiger partial charge is 0.380 e. The van der Waals surface area contributed by atoms with Crippen LogP contribution in [0.4, 0.5) is 0 Å². The monoisotopic (exact) mass is 237 g/mol. The van der Waals surface area contributed by atoms with Crippen molar-refractivity contribution in [3.05, 3.63) is 0 Å². The van der Waals surface area contributed by atoms with Gasteiger partial charge < -0.3 is 15.4 Å². The maximum absolute atomic E-state index is 9.17. The summed E-state index contributed by atoms with van der Waals surface area (Å²) in [5.74, 6) is 0.386. The van der Waals surface area contributed by atoms with Crippen molar-refractivity contribution in [1.82, 2.24) is 4.90 Å². The summed E-state index contributed by atoms with van der Waals surface area (Å²) in [6, 6.07) is 2.33. The third-order valence-electron chi connectivity index (χ3n) is 4.19. The van der Waals surface area contributed by atoms with Crippen LogP contribution in [0.25, 0.3) is 0 Å². The predicted molar refractivity (Wildman–Crippen MR) is 66.4 cm³/mol. The lowest BCUT2D eigenvalue weighted by molar-refractivity contribution is 0.139. The maximum atomic E-state index is 9.17. The van der Waals surface area contributed by atoms with Gasteiger partial charge in [-0.15, -0.1) is 0 Å². The Morgan fingerprint density at radius 1 is 1.35 bits per heavy atom. The van der Waals surface area contributed by atoms with Crippen molar-refractivity contribution in [2.45, 2.75) is 37.6 Å². The Bertz CT molecular complexity index is 281. The molecule has 1 saturated carbocycles. The number of nitrogens with two attached hydrogens (primary N) is 1. The quantitative estimate of drug-likeness (QED) is 0.799. The highest BCUT2D eigenvalue weighted by Crippen LogP contribution is 2.35. The van der Waals surface area contributed by atoms with Crippen molar-refractivity contribution in [3.8, 4) is 6.07 Å². The number of nitriles is 1. The molecule has 0 aromatic carbocycles. The Morgan fingerprint density at radius 2 is 2.24 bits per heavy atom. The maximum Gasteiger partial charge on any atom is 0.107 e.